The summed E-state index contributed by atoms with van der Waals surface area (Å²) < 4.78 is 5.71. The number of hydrogen-bond acceptors (Lipinski definition) is 3. The molecule has 3 N–H and O–H groups in total. The van der Waals surface area contributed by atoms with Gasteiger partial charge in [0.15, 0.2) is 0 Å². The van der Waals surface area contributed by atoms with Gasteiger partial charge in [0.25, 0.3) is 0 Å². The van der Waals surface area contributed by atoms with Crippen LogP contribution in [-0.4, -0.2) is 12.6 Å². The van der Waals surface area contributed by atoms with Crippen molar-refractivity contribution in [3.8, 4) is 5.75 Å². The number of nitrogens with two attached hydrogens (primary N) is 1. The minimum absolute atomic E-state index is 0.289. The van der Waals surface area contributed by atoms with Crippen LogP contribution in [0.25, 0.3) is 0 Å². The van der Waals surface area contributed by atoms with Gasteiger partial charge in [-0.1, -0.05) is 31.4 Å². The first kappa shape index (κ1) is 13.7. The van der Waals surface area contributed by atoms with Gasteiger partial charge >= 0.3 is 0 Å². The van der Waals surface area contributed by atoms with Gasteiger partial charge in [-0.05, 0) is 36.1 Å². The van der Waals surface area contributed by atoms with Crippen molar-refractivity contribution in [2.75, 3.05) is 6.61 Å². The summed E-state index contributed by atoms with van der Waals surface area (Å²) in [5.74, 6) is 6.65. The summed E-state index contributed by atoms with van der Waals surface area (Å²) in [6.07, 6.45) is 5.27. The van der Waals surface area contributed by atoms with Crippen LogP contribution in [0.3, 0.4) is 0 Å². The molecule has 1 aliphatic rings. The number of rotatable bonds is 6. The molecule has 0 bridgehead atoms. The van der Waals surface area contributed by atoms with Gasteiger partial charge in [-0.3, -0.25) is 11.3 Å². The molecule has 1 aromatic carbocycles. The molecule has 1 heterocycles. The lowest BCUT2D eigenvalue weighted by Crippen LogP contribution is -2.36. The fourth-order valence-corrected chi connectivity index (χ4v) is 2.72. The number of unbranched alkanes of at least 4 members (excludes halogenated alkanes) is 1. The minimum atomic E-state index is 0.289. The van der Waals surface area contributed by atoms with Gasteiger partial charge in [0.1, 0.15) is 5.75 Å². The molecule has 0 saturated carbocycles. The largest absolute Gasteiger partial charge is 0.493 e. The molecule has 100 valence electrons. The maximum Gasteiger partial charge on any atom is 0.125 e. The molecule has 0 radical (unpaired) electrons. The Bertz CT molecular complexity index is 409. The topological polar surface area (TPSA) is 47.3 Å². The van der Waals surface area contributed by atoms with Crippen LogP contribution in [0, 0.1) is 0 Å². The van der Waals surface area contributed by atoms with Crippen LogP contribution in [0.5, 0.6) is 5.75 Å². The molecule has 1 unspecified atom stereocenters. The van der Waals surface area contributed by atoms with Crippen LogP contribution in [0.15, 0.2) is 12.1 Å². The van der Waals surface area contributed by atoms with E-state index in [2.05, 4.69) is 12.3 Å². The Hall–Kier alpha value is -0.770. The van der Waals surface area contributed by atoms with E-state index in [1.165, 1.54) is 24.0 Å². The van der Waals surface area contributed by atoms with Gasteiger partial charge in [-0.2, -0.15) is 0 Å². The summed E-state index contributed by atoms with van der Waals surface area (Å²) in [7, 11) is 0. The molecule has 4 heteroatoms. The highest BCUT2D eigenvalue weighted by Gasteiger charge is 2.19. The number of hydrogen-bond donors (Lipinski definition) is 2. The third kappa shape index (κ3) is 3.16. The van der Waals surface area contributed by atoms with Crippen molar-refractivity contribution in [2.45, 2.75) is 45.1 Å². The van der Waals surface area contributed by atoms with Crippen LogP contribution in [-0.2, 0) is 12.8 Å². The van der Waals surface area contributed by atoms with E-state index in [0.29, 0.717) is 0 Å². The van der Waals surface area contributed by atoms with Gasteiger partial charge in [0, 0.05) is 17.5 Å². The van der Waals surface area contributed by atoms with E-state index in [1.54, 1.807) is 0 Å². The normalized spacial score (nSPS) is 15.3. The van der Waals surface area contributed by atoms with E-state index in [9.17, 15) is 0 Å². The predicted molar refractivity (Wildman–Crippen MR) is 75.0 cm³/mol. The summed E-state index contributed by atoms with van der Waals surface area (Å²) in [4.78, 5) is 0. The Morgan fingerprint density at radius 2 is 2.33 bits per heavy atom. The predicted octanol–water partition coefficient (Wildman–Crippen LogP) is 2.84. The Kier molecular flexibility index (Phi) is 4.87. The lowest BCUT2D eigenvalue weighted by molar-refractivity contribution is 0.350. The summed E-state index contributed by atoms with van der Waals surface area (Å²) in [6, 6.07) is 4.29. The summed E-state index contributed by atoms with van der Waals surface area (Å²) >= 11 is 6.15. The van der Waals surface area contributed by atoms with Crippen LogP contribution >= 0.6 is 11.6 Å². The number of nitrogens with one attached hydrogen (secondary N) is 1. The Morgan fingerprint density at radius 3 is 3.06 bits per heavy atom. The van der Waals surface area contributed by atoms with Gasteiger partial charge in [-0.15, -0.1) is 0 Å². The highest BCUT2D eigenvalue weighted by molar-refractivity contribution is 6.30. The molecular formula is C14H21ClN2O. The van der Waals surface area contributed by atoms with Crippen molar-refractivity contribution in [2.24, 2.45) is 5.84 Å². The number of fused-ring (bicyclic) bond motifs is 1. The van der Waals surface area contributed by atoms with Crippen molar-refractivity contribution in [1.82, 2.24) is 5.43 Å². The van der Waals surface area contributed by atoms with E-state index >= 15 is 0 Å². The second-order valence-electron chi connectivity index (χ2n) is 4.86. The zero-order chi connectivity index (χ0) is 13.0. The van der Waals surface area contributed by atoms with E-state index in [1.807, 2.05) is 12.1 Å². The molecule has 0 saturated heterocycles. The summed E-state index contributed by atoms with van der Waals surface area (Å²) in [5, 5.41) is 0.792. The minimum Gasteiger partial charge on any atom is -0.493 e. The molecule has 0 aromatic heterocycles. The molecule has 1 aliphatic heterocycles. The smallest absolute Gasteiger partial charge is 0.125 e. The van der Waals surface area contributed by atoms with Crippen molar-refractivity contribution >= 4 is 11.6 Å². The van der Waals surface area contributed by atoms with Gasteiger partial charge in [0.2, 0.25) is 0 Å². The molecule has 0 spiro atoms. The Balaban J connectivity index is 2.12. The van der Waals surface area contributed by atoms with Gasteiger partial charge in [-0.25, -0.2) is 0 Å². The molecule has 1 atom stereocenters. The van der Waals surface area contributed by atoms with Crippen LogP contribution in [0.4, 0.5) is 0 Å². The molecule has 0 aliphatic carbocycles. The average molecular weight is 269 g/mol. The van der Waals surface area contributed by atoms with Gasteiger partial charge in [0.05, 0.1) is 6.61 Å². The lowest BCUT2D eigenvalue weighted by atomic mass is 9.99. The maximum absolute atomic E-state index is 6.15. The fourth-order valence-electron chi connectivity index (χ4n) is 2.46. The van der Waals surface area contributed by atoms with Crippen molar-refractivity contribution in [3.05, 3.63) is 28.3 Å². The quantitative estimate of drug-likeness (QED) is 0.616. The third-order valence-corrected chi connectivity index (χ3v) is 3.65. The number of halogens is 1. The second kappa shape index (κ2) is 6.41. The second-order valence-corrected chi connectivity index (χ2v) is 5.30. The number of hydrazine groups is 1. The highest BCUT2D eigenvalue weighted by atomic mass is 35.5. The van der Waals surface area contributed by atoms with Crippen molar-refractivity contribution in [1.29, 1.82) is 0 Å². The summed E-state index contributed by atoms with van der Waals surface area (Å²) in [6.45, 7) is 2.95. The zero-order valence-corrected chi connectivity index (χ0v) is 11.6. The van der Waals surface area contributed by atoms with Crippen molar-refractivity contribution in [3.63, 3.8) is 0 Å². The Morgan fingerprint density at radius 1 is 1.50 bits per heavy atom. The van der Waals surface area contributed by atoms with Gasteiger partial charge < -0.3 is 4.74 Å². The van der Waals surface area contributed by atoms with E-state index in [0.717, 1.165) is 36.6 Å². The van der Waals surface area contributed by atoms with E-state index < -0.39 is 0 Å². The lowest BCUT2D eigenvalue weighted by Gasteiger charge is -2.17. The molecule has 18 heavy (non-hydrogen) atoms. The SMILES string of the molecule is CCCCC(Cc1cc(Cl)cc2c1OCC2)NN. The number of benzene rings is 1. The van der Waals surface area contributed by atoms with Crippen LogP contribution in [0.1, 0.15) is 37.3 Å². The number of ether oxygens (including phenoxy) is 1. The van der Waals surface area contributed by atoms with E-state index in [4.69, 9.17) is 22.2 Å². The van der Waals surface area contributed by atoms with Crippen LogP contribution in [0.2, 0.25) is 5.02 Å². The molecule has 0 fully saturated rings. The Labute approximate surface area is 114 Å². The monoisotopic (exact) mass is 268 g/mol. The first-order valence-electron chi connectivity index (χ1n) is 6.64. The van der Waals surface area contributed by atoms with Crippen molar-refractivity contribution < 1.29 is 4.74 Å². The summed E-state index contributed by atoms with van der Waals surface area (Å²) in [5.41, 5.74) is 5.30. The molecular weight excluding hydrogens is 248 g/mol. The fraction of sp³-hybridized carbons (Fsp3) is 0.571. The van der Waals surface area contributed by atoms with Crippen LogP contribution < -0.4 is 16.0 Å². The maximum atomic E-state index is 6.15. The molecule has 0 amide bonds. The first-order valence-corrected chi connectivity index (χ1v) is 7.02. The molecule has 1 aromatic rings. The average Bonchev–Trinajstić information content (AvgIpc) is 2.82. The first-order chi connectivity index (χ1) is 8.74. The molecule has 2 rings (SSSR count). The molecule has 3 nitrogen and oxygen atoms in total. The zero-order valence-electron chi connectivity index (χ0n) is 10.8. The standard InChI is InChI=1S/C14H21ClN2O/c1-2-3-4-13(17-16)9-11-8-12(15)7-10-5-6-18-14(10)11/h7-8,13,17H,2-6,9,16H2,1H3. The van der Waals surface area contributed by atoms with E-state index in [-0.39, 0.29) is 6.04 Å². The highest BCUT2D eigenvalue weighted by Crippen LogP contribution is 2.33. The third-order valence-electron chi connectivity index (χ3n) is 3.43.